The fourth-order valence-electron chi connectivity index (χ4n) is 5.12. The second kappa shape index (κ2) is 8.83. The smallest absolute Gasteiger partial charge is 0.199 e. The number of hydrogen-bond donors (Lipinski definition) is 0. The molecule has 3 aromatic rings. The maximum absolute atomic E-state index is 6.79. The second-order valence-electron chi connectivity index (χ2n) is 9.18. The molecule has 0 bridgehead atoms. The first-order chi connectivity index (χ1) is 16.8. The quantitative estimate of drug-likeness (QED) is 0.391. The molecule has 2 aliphatic heterocycles. The van der Waals surface area contributed by atoms with Crippen LogP contribution in [0, 0.1) is 11.3 Å². The summed E-state index contributed by atoms with van der Waals surface area (Å²) in [5.41, 5.74) is 3.02. The number of rotatable bonds is 5. The average Bonchev–Trinajstić information content (AvgIpc) is 3.37. The molecule has 3 aromatic carbocycles. The van der Waals surface area contributed by atoms with E-state index in [9.17, 15) is 0 Å². The molecule has 0 radical (unpaired) electrons. The highest BCUT2D eigenvalue weighted by molar-refractivity contribution is 5.89. The summed E-state index contributed by atoms with van der Waals surface area (Å²) in [7, 11) is 0. The van der Waals surface area contributed by atoms with Crippen LogP contribution >= 0.6 is 0 Å². The minimum atomic E-state index is -0.505. The lowest BCUT2D eigenvalue weighted by Gasteiger charge is -2.34. The van der Waals surface area contributed by atoms with Crippen LogP contribution in [0.15, 0.2) is 132 Å². The summed E-state index contributed by atoms with van der Waals surface area (Å²) in [6.07, 6.45) is 12.2. The summed E-state index contributed by atoms with van der Waals surface area (Å²) in [5, 5.41) is 0. The van der Waals surface area contributed by atoms with E-state index in [4.69, 9.17) is 14.5 Å². The van der Waals surface area contributed by atoms with Crippen LogP contribution in [0.25, 0.3) is 0 Å². The lowest BCUT2D eigenvalue weighted by Crippen LogP contribution is -2.34. The number of ether oxygens (including phenoxy) is 2. The van der Waals surface area contributed by atoms with Crippen molar-refractivity contribution in [3.63, 3.8) is 0 Å². The van der Waals surface area contributed by atoms with Gasteiger partial charge in [-0.2, -0.15) is 0 Å². The topological polar surface area (TPSA) is 30.8 Å². The summed E-state index contributed by atoms with van der Waals surface area (Å²) in [4.78, 5) is 5.27. The van der Waals surface area contributed by atoms with Crippen LogP contribution in [0.2, 0.25) is 0 Å². The van der Waals surface area contributed by atoms with E-state index in [2.05, 4.69) is 103 Å². The molecule has 34 heavy (non-hydrogen) atoms. The molecule has 0 N–H and O–H groups in total. The molecule has 3 aliphatic rings. The van der Waals surface area contributed by atoms with Gasteiger partial charge in [0.2, 0.25) is 0 Å². The first-order valence-electron chi connectivity index (χ1n) is 11.9. The van der Waals surface area contributed by atoms with Crippen molar-refractivity contribution in [1.29, 1.82) is 0 Å². The fraction of sp³-hybridized carbons (Fsp3) is 0.194. The van der Waals surface area contributed by atoms with Crippen LogP contribution in [-0.2, 0) is 15.9 Å². The molecule has 0 spiro atoms. The third kappa shape index (κ3) is 3.88. The number of benzene rings is 3. The molecule has 6 rings (SSSR count). The molecule has 3 heteroatoms. The molecule has 2 heterocycles. The van der Waals surface area contributed by atoms with E-state index < -0.39 is 5.41 Å². The molecule has 0 fully saturated rings. The van der Waals surface area contributed by atoms with Crippen LogP contribution in [0.1, 0.15) is 35.3 Å². The number of fused-ring (bicyclic) bond motifs is 1. The second-order valence-corrected chi connectivity index (χ2v) is 9.18. The molecule has 0 saturated heterocycles. The Kier molecular flexibility index (Phi) is 5.38. The van der Waals surface area contributed by atoms with Crippen molar-refractivity contribution >= 4 is 5.90 Å². The molecule has 4 atom stereocenters. The van der Waals surface area contributed by atoms with E-state index in [-0.39, 0.29) is 18.1 Å². The normalized spacial score (nSPS) is 27.2. The lowest BCUT2D eigenvalue weighted by atomic mass is 9.75. The fourth-order valence-corrected chi connectivity index (χ4v) is 5.12. The first kappa shape index (κ1) is 20.7. The zero-order chi connectivity index (χ0) is 22.8. The van der Waals surface area contributed by atoms with Crippen molar-refractivity contribution in [3.8, 4) is 0 Å². The van der Waals surface area contributed by atoms with Gasteiger partial charge in [0.25, 0.3) is 0 Å². The van der Waals surface area contributed by atoms with Gasteiger partial charge in [0.1, 0.15) is 11.8 Å². The highest BCUT2D eigenvalue weighted by atomic mass is 16.5. The van der Waals surface area contributed by atoms with Gasteiger partial charge >= 0.3 is 0 Å². The Morgan fingerprint density at radius 1 is 0.824 bits per heavy atom. The number of hydrogen-bond acceptors (Lipinski definition) is 3. The van der Waals surface area contributed by atoms with Crippen LogP contribution in [0.3, 0.4) is 0 Å². The molecule has 0 aromatic heterocycles. The molecule has 168 valence electrons. The molecular weight excluding hydrogens is 418 g/mol. The molecule has 0 amide bonds. The number of nitrogens with zero attached hydrogens (tertiary/aromatic N) is 1. The summed E-state index contributed by atoms with van der Waals surface area (Å²) < 4.78 is 12.8. The van der Waals surface area contributed by atoms with Gasteiger partial charge in [-0.1, -0.05) is 103 Å². The Labute approximate surface area is 200 Å². The van der Waals surface area contributed by atoms with Crippen molar-refractivity contribution in [2.75, 3.05) is 0 Å². The maximum Gasteiger partial charge on any atom is 0.199 e. The highest BCUT2D eigenvalue weighted by Crippen LogP contribution is 2.47. The van der Waals surface area contributed by atoms with Crippen LogP contribution in [0.4, 0.5) is 0 Å². The number of allylic oxidation sites excluding steroid dienone is 2. The number of aliphatic imine (C=N–C) groups is 1. The standard InChI is InChI=1S/C31H27NO2/c1-4-11-23(12-5-1)21-31(19-18-24-17-10-20-33-27(24)22-31)30-32-28(25-13-6-2-7-14-25)29(34-30)26-15-8-3-9-16-26/h1-16,18-20,22,24,28-29H,17,21H2/t24?,28-,29-,31?/m1/s1. The Hall–Kier alpha value is -3.85. The summed E-state index contributed by atoms with van der Waals surface area (Å²) >= 11 is 0. The minimum absolute atomic E-state index is 0.108. The largest absolute Gasteiger partial charge is 0.469 e. The van der Waals surface area contributed by atoms with Crippen molar-refractivity contribution in [3.05, 3.63) is 144 Å². The summed E-state index contributed by atoms with van der Waals surface area (Å²) in [6, 6.07) is 31.3. The van der Waals surface area contributed by atoms with Crippen LogP contribution in [0.5, 0.6) is 0 Å². The van der Waals surface area contributed by atoms with E-state index >= 15 is 0 Å². The van der Waals surface area contributed by atoms with E-state index in [0.717, 1.165) is 35.6 Å². The van der Waals surface area contributed by atoms with Gasteiger partial charge in [0.15, 0.2) is 12.0 Å². The third-order valence-electron chi connectivity index (χ3n) is 6.87. The van der Waals surface area contributed by atoms with Crippen LogP contribution in [-0.4, -0.2) is 5.90 Å². The zero-order valence-electron chi connectivity index (χ0n) is 19.0. The SMILES string of the molecule is C1=COC2=CC(Cc3ccccc3)(C3=N[C@H](c4ccccc4)[C@@H](c4ccccc4)O3)C=CC2C1. The van der Waals surface area contributed by atoms with Crippen molar-refractivity contribution in [2.45, 2.75) is 25.0 Å². The summed E-state index contributed by atoms with van der Waals surface area (Å²) in [5.74, 6) is 2.00. The molecule has 0 saturated carbocycles. The van der Waals surface area contributed by atoms with Gasteiger partial charge < -0.3 is 9.47 Å². The third-order valence-corrected chi connectivity index (χ3v) is 6.87. The van der Waals surface area contributed by atoms with E-state index in [1.807, 2.05) is 12.1 Å². The molecular formula is C31H27NO2. The average molecular weight is 446 g/mol. The minimum Gasteiger partial charge on any atom is -0.469 e. The van der Waals surface area contributed by atoms with Gasteiger partial charge in [-0.15, -0.1) is 0 Å². The van der Waals surface area contributed by atoms with Crippen LogP contribution < -0.4 is 0 Å². The van der Waals surface area contributed by atoms with E-state index in [1.54, 1.807) is 6.26 Å². The van der Waals surface area contributed by atoms with Gasteiger partial charge in [-0.05, 0) is 41.7 Å². The van der Waals surface area contributed by atoms with E-state index in [0.29, 0.717) is 0 Å². The Morgan fingerprint density at radius 3 is 2.24 bits per heavy atom. The predicted molar refractivity (Wildman–Crippen MR) is 135 cm³/mol. The first-order valence-corrected chi connectivity index (χ1v) is 11.9. The summed E-state index contributed by atoms with van der Waals surface area (Å²) in [6.45, 7) is 0. The maximum atomic E-state index is 6.79. The van der Waals surface area contributed by atoms with Crippen molar-refractivity contribution < 1.29 is 9.47 Å². The Morgan fingerprint density at radius 2 is 1.50 bits per heavy atom. The van der Waals surface area contributed by atoms with Gasteiger partial charge in [0.05, 0.1) is 11.7 Å². The van der Waals surface area contributed by atoms with E-state index in [1.165, 1.54) is 5.56 Å². The monoisotopic (exact) mass is 445 g/mol. The Bertz CT molecular complexity index is 1260. The van der Waals surface area contributed by atoms with Crippen molar-refractivity contribution in [1.82, 2.24) is 0 Å². The Balaban J connectivity index is 1.45. The predicted octanol–water partition coefficient (Wildman–Crippen LogP) is 7.13. The van der Waals surface area contributed by atoms with Gasteiger partial charge in [-0.3, -0.25) is 0 Å². The molecule has 3 nitrogen and oxygen atoms in total. The van der Waals surface area contributed by atoms with Gasteiger partial charge in [0, 0.05) is 5.92 Å². The lowest BCUT2D eigenvalue weighted by molar-refractivity contribution is 0.179. The van der Waals surface area contributed by atoms with Crippen molar-refractivity contribution in [2.24, 2.45) is 16.3 Å². The molecule has 2 unspecified atom stereocenters. The van der Waals surface area contributed by atoms with Gasteiger partial charge in [-0.25, -0.2) is 4.99 Å². The highest BCUT2D eigenvalue weighted by Gasteiger charge is 2.45. The molecule has 1 aliphatic carbocycles. The zero-order valence-corrected chi connectivity index (χ0v) is 19.0.